The fourth-order valence-corrected chi connectivity index (χ4v) is 3.02. The summed E-state index contributed by atoms with van der Waals surface area (Å²) in [6, 6.07) is 14.8. The molecule has 0 unspecified atom stereocenters. The van der Waals surface area contributed by atoms with Crippen molar-refractivity contribution in [3.63, 3.8) is 0 Å². The number of carbonyl (C=O) groups is 1. The number of halogens is 2. The Morgan fingerprint density at radius 2 is 1.96 bits per heavy atom. The van der Waals surface area contributed by atoms with Crippen LogP contribution < -0.4 is 5.32 Å². The zero-order valence-electron chi connectivity index (χ0n) is 14.5. The van der Waals surface area contributed by atoms with Crippen molar-refractivity contribution in [2.75, 3.05) is 0 Å². The van der Waals surface area contributed by atoms with Crippen LogP contribution >= 0.6 is 0 Å². The van der Waals surface area contributed by atoms with Gasteiger partial charge < -0.3 is 9.88 Å². The Labute approximate surface area is 150 Å². The predicted octanol–water partition coefficient (Wildman–Crippen LogP) is 4.11. The molecule has 1 amide bonds. The number of aryl methyl sites for hydroxylation is 1. The summed E-state index contributed by atoms with van der Waals surface area (Å²) in [5, 5.41) is 3.49. The van der Waals surface area contributed by atoms with E-state index in [2.05, 4.69) is 10.3 Å². The molecule has 3 rings (SSSR count). The van der Waals surface area contributed by atoms with Crippen molar-refractivity contribution in [1.82, 2.24) is 14.9 Å². The number of hydrogen-bond acceptors (Lipinski definition) is 2. The fraction of sp³-hybridized carbons (Fsp3) is 0.300. The molecule has 26 heavy (non-hydrogen) atoms. The molecule has 2 aromatic heterocycles. The lowest BCUT2D eigenvalue weighted by atomic mass is 10.1. The van der Waals surface area contributed by atoms with E-state index in [9.17, 15) is 13.6 Å². The maximum absolute atomic E-state index is 13.3. The molecule has 6 heteroatoms. The number of amides is 1. The summed E-state index contributed by atoms with van der Waals surface area (Å²) in [5.74, 6) is -0.296. The van der Waals surface area contributed by atoms with E-state index in [4.69, 9.17) is 0 Å². The Balaban J connectivity index is 1.64. The van der Waals surface area contributed by atoms with Gasteiger partial charge in [-0.3, -0.25) is 4.79 Å². The van der Waals surface area contributed by atoms with Gasteiger partial charge in [-0.1, -0.05) is 30.3 Å². The van der Waals surface area contributed by atoms with Gasteiger partial charge in [-0.15, -0.1) is 0 Å². The molecule has 3 aromatic rings. The summed E-state index contributed by atoms with van der Waals surface area (Å²) >= 11 is 0. The second-order valence-electron chi connectivity index (χ2n) is 6.37. The average molecular weight is 357 g/mol. The Hall–Kier alpha value is -2.76. The summed E-state index contributed by atoms with van der Waals surface area (Å²) in [4.78, 5) is 16.5. The van der Waals surface area contributed by atoms with Crippen LogP contribution in [0.3, 0.4) is 0 Å². The molecule has 0 saturated heterocycles. The lowest BCUT2D eigenvalue weighted by molar-refractivity contribution is -0.122. The average Bonchev–Trinajstić information content (AvgIpc) is 3.00. The summed E-state index contributed by atoms with van der Waals surface area (Å²) < 4.78 is 27.9. The first-order chi connectivity index (χ1) is 12.5. The maximum Gasteiger partial charge on any atom is 0.278 e. The Kier molecular flexibility index (Phi) is 5.61. The molecule has 2 heterocycles. The monoisotopic (exact) mass is 357 g/mol. The van der Waals surface area contributed by atoms with Crippen molar-refractivity contribution < 1.29 is 13.6 Å². The molecule has 0 aliphatic carbocycles. The van der Waals surface area contributed by atoms with Gasteiger partial charge in [0.25, 0.3) is 6.43 Å². The number of alkyl halides is 2. The fourth-order valence-electron chi connectivity index (χ4n) is 3.02. The number of hydrogen-bond donors (Lipinski definition) is 1. The Morgan fingerprint density at radius 3 is 2.69 bits per heavy atom. The van der Waals surface area contributed by atoms with Gasteiger partial charge in [-0.05, 0) is 43.5 Å². The Bertz CT molecular complexity index is 877. The number of pyridine rings is 1. The van der Waals surface area contributed by atoms with Crippen molar-refractivity contribution in [1.29, 1.82) is 0 Å². The van der Waals surface area contributed by atoms with Gasteiger partial charge in [-0.2, -0.15) is 0 Å². The van der Waals surface area contributed by atoms with E-state index >= 15 is 0 Å². The van der Waals surface area contributed by atoms with E-state index < -0.39 is 6.43 Å². The van der Waals surface area contributed by atoms with Crippen molar-refractivity contribution in [3.05, 3.63) is 66.0 Å². The van der Waals surface area contributed by atoms with Crippen LogP contribution in [0.4, 0.5) is 8.78 Å². The molecule has 0 aliphatic rings. The summed E-state index contributed by atoms with van der Waals surface area (Å²) in [6.07, 6.45) is 0.502. The van der Waals surface area contributed by atoms with Crippen LogP contribution in [-0.4, -0.2) is 21.5 Å². The van der Waals surface area contributed by atoms with Gasteiger partial charge in [0.2, 0.25) is 5.91 Å². The zero-order chi connectivity index (χ0) is 18.5. The first-order valence-corrected chi connectivity index (χ1v) is 8.60. The highest BCUT2D eigenvalue weighted by molar-refractivity contribution is 5.82. The molecule has 0 saturated carbocycles. The van der Waals surface area contributed by atoms with Gasteiger partial charge in [-0.25, -0.2) is 13.8 Å². The van der Waals surface area contributed by atoms with Crippen LogP contribution in [0.15, 0.2) is 54.7 Å². The van der Waals surface area contributed by atoms with Crippen molar-refractivity contribution in [2.24, 2.45) is 0 Å². The van der Waals surface area contributed by atoms with Crippen molar-refractivity contribution in [3.8, 4) is 0 Å². The SMILES string of the molecule is C[C@@H](CCc1ccccc1)NC(=O)Cn1c(C(F)F)cc2cccnc21. The van der Waals surface area contributed by atoms with E-state index in [-0.39, 0.29) is 24.2 Å². The number of benzene rings is 1. The van der Waals surface area contributed by atoms with E-state index in [0.717, 1.165) is 12.8 Å². The summed E-state index contributed by atoms with van der Waals surface area (Å²) in [6.45, 7) is 1.75. The minimum absolute atomic E-state index is 0.0486. The molecular formula is C20H21F2N3O. The zero-order valence-corrected chi connectivity index (χ0v) is 14.5. The van der Waals surface area contributed by atoms with Gasteiger partial charge >= 0.3 is 0 Å². The molecular weight excluding hydrogens is 336 g/mol. The van der Waals surface area contributed by atoms with E-state index in [1.54, 1.807) is 12.1 Å². The third-order valence-electron chi connectivity index (χ3n) is 4.33. The van der Waals surface area contributed by atoms with Gasteiger partial charge in [0.1, 0.15) is 12.2 Å². The highest BCUT2D eigenvalue weighted by Gasteiger charge is 2.19. The third-order valence-corrected chi connectivity index (χ3v) is 4.33. The van der Waals surface area contributed by atoms with Gasteiger partial charge in [0, 0.05) is 17.6 Å². The first-order valence-electron chi connectivity index (χ1n) is 8.60. The number of rotatable bonds is 7. The van der Waals surface area contributed by atoms with Crippen LogP contribution in [0.5, 0.6) is 0 Å². The van der Waals surface area contributed by atoms with Crippen LogP contribution in [0.2, 0.25) is 0 Å². The third kappa shape index (κ3) is 4.25. The molecule has 1 aromatic carbocycles. The highest BCUT2D eigenvalue weighted by Crippen LogP contribution is 2.26. The molecule has 0 aliphatic heterocycles. The minimum atomic E-state index is -2.66. The molecule has 1 atom stereocenters. The molecule has 4 nitrogen and oxygen atoms in total. The maximum atomic E-state index is 13.3. The number of aromatic nitrogens is 2. The topological polar surface area (TPSA) is 46.9 Å². The number of carbonyl (C=O) groups excluding carboxylic acids is 1. The van der Waals surface area contributed by atoms with Gasteiger partial charge in [0.05, 0.1) is 5.69 Å². The molecule has 0 radical (unpaired) electrons. The van der Waals surface area contributed by atoms with Gasteiger partial charge in [0.15, 0.2) is 0 Å². The van der Waals surface area contributed by atoms with E-state index in [0.29, 0.717) is 11.0 Å². The standard InChI is InChI=1S/C20H21F2N3O/c1-14(9-10-15-6-3-2-4-7-15)24-18(26)13-25-17(19(21)22)12-16-8-5-11-23-20(16)25/h2-8,11-12,14,19H,9-10,13H2,1H3,(H,24,26)/t14-/m0/s1. The highest BCUT2D eigenvalue weighted by atomic mass is 19.3. The lowest BCUT2D eigenvalue weighted by Gasteiger charge is -2.15. The van der Waals surface area contributed by atoms with Crippen molar-refractivity contribution in [2.45, 2.75) is 38.8 Å². The van der Waals surface area contributed by atoms with Crippen LogP contribution in [-0.2, 0) is 17.8 Å². The first kappa shape index (κ1) is 18.0. The molecule has 0 spiro atoms. The minimum Gasteiger partial charge on any atom is -0.352 e. The van der Waals surface area contributed by atoms with E-state index in [1.165, 1.54) is 22.4 Å². The van der Waals surface area contributed by atoms with Crippen molar-refractivity contribution >= 4 is 16.9 Å². The predicted molar refractivity (Wildman–Crippen MR) is 97.1 cm³/mol. The second-order valence-corrected chi connectivity index (χ2v) is 6.37. The molecule has 0 bridgehead atoms. The van der Waals surface area contributed by atoms with Crippen LogP contribution in [0.1, 0.15) is 31.0 Å². The van der Waals surface area contributed by atoms with Crippen LogP contribution in [0.25, 0.3) is 11.0 Å². The quantitative estimate of drug-likeness (QED) is 0.692. The largest absolute Gasteiger partial charge is 0.352 e. The van der Waals surface area contributed by atoms with E-state index in [1.807, 2.05) is 37.3 Å². The lowest BCUT2D eigenvalue weighted by Crippen LogP contribution is -2.35. The molecule has 136 valence electrons. The second kappa shape index (κ2) is 8.08. The molecule has 0 fully saturated rings. The Morgan fingerprint density at radius 1 is 1.19 bits per heavy atom. The number of fused-ring (bicyclic) bond motifs is 1. The summed E-state index contributed by atoms with van der Waals surface area (Å²) in [7, 11) is 0. The summed E-state index contributed by atoms with van der Waals surface area (Å²) in [5.41, 5.74) is 1.41. The van der Waals surface area contributed by atoms with Crippen LogP contribution in [0, 0.1) is 0 Å². The normalized spacial score (nSPS) is 12.5. The number of nitrogens with zero attached hydrogens (tertiary/aromatic N) is 2. The molecule has 1 N–H and O–H groups in total. The smallest absolute Gasteiger partial charge is 0.278 e. The number of nitrogens with one attached hydrogen (secondary N) is 1.